The van der Waals surface area contributed by atoms with E-state index in [4.69, 9.17) is 4.74 Å². The van der Waals surface area contributed by atoms with E-state index in [1.54, 1.807) is 30.3 Å². The van der Waals surface area contributed by atoms with Crippen LogP contribution in [0.15, 0.2) is 41.9 Å². The fourth-order valence-corrected chi connectivity index (χ4v) is 0.965. The van der Waals surface area contributed by atoms with E-state index in [0.29, 0.717) is 17.9 Å². The largest absolute Gasteiger partial charge is 0.490 e. The lowest BCUT2D eigenvalue weighted by molar-refractivity contribution is 0.100. The molecule has 0 aliphatic rings. The number of ether oxygens (including phenoxy) is 1. The molecule has 72 valence electrons. The zero-order valence-corrected chi connectivity index (χ0v) is 7.77. The van der Waals surface area contributed by atoms with Crippen molar-refractivity contribution in [3.05, 3.63) is 42.5 Å². The minimum absolute atomic E-state index is 0.353. The third-order valence-electron chi connectivity index (χ3n) is 1.59. The highest BCUT2D eigenvalue weighted by Crippen LogP contribution is 2.13. The lowest BCUT2D eigenvalue weighted by atomic mass is 10.2. The van der Waals surface area contributed by atoms with E-state index < -0.39 is 0 Å². The Kier molecular flexibility index (Phi) is 3.61. The summed E-state index contributed by atoms with van der Waals surface area (Å²) >= 11 is 0. The minimum Gasteiger partial charge on any atom is -0.490 e. The maximum atomic E-state index is 11.1. The molecule has 1 rings (SSSR count). The van der Waals surface area contributed by atoms with Crippen LogP contribution in [0.3, 0.4) is 0 Å². The number of rotatable bonds is 4. The van der Waals surface area contributed by atoms with Crippen molar-refractivity contribution in [1.82, 2.24) is 0 Å². The van der Waals surface area contributed by atoms with Crippen molar-refractivity contribution < 1.29 is 9.53 Å². The first-order chi connectivity index (χ1) is 6.77. The summed E-state index contributed by atoms with van der Waals surface area (Å²) in [6.07, 6.45) is 1.64. The number of carbonyl (C=O) groups is 1. The third-order valence-corrected chi connectivity index (χ3v) is 1.59. The number of carbonyl (C=O) groups excluding carboxylic acids is 1. The lowest BCUT2D eigenvalue weighted by Gasteiger charge is -2.03. The summed E-state index contributed by atoms with van der Waals surface area (Å²) in [5.74, 6) is 0.272. The summed E-state index contributed by atoms with van der Waals surface area (Å²) in [6.45, 7) is 7.12. The van der Waals surface area contributed by atoms with E-state index in [1.807, 2.05) is 0 Å². The molecule has 0 fully saturated rings. The fraction of sp³-hybridized carbons (Fsp3) is 0.0909. The highest BCUT2D eigenvalue weighted by molar-refractivity contribution is 5.97. The molecule has 1 amide bonds. The van der Waals surface area contributed by atoms with Crippen LogP contribution in [0.4, 0.5) is 0 Å². The molecule has 0 bridgehead atoms. The summed E-state index contributed by atoms with van der Waals surface area (Å²) in [5.41, 5.74) is 0.474. The third kappa shape index (κ3) is 2.55. The SMILES string of the molecule is C=CCOc1cccc(C(=O)N=C)c1. The average Bonchev–Trinajstić information content (AvgIpc) is 2.25. The number of amides is 1. The molecule has 0 aliphatic heterocycles. The van der Waals surface area contributed by atoms with Crippen LogP contribution in [0.25, 0.3) is 0 Å². The Morgan fingerprint density at radius 3 is 3.00 bits per heavy atom. The highest BCUT2D eigenvalue weighted by Gasteiger charge is 2.03. The van der Waals surface area contributed by atoms with E-state index in [-0.39, 0.29) is 5.91 Å². The molecule has 14 heavy (non-hydrogen) atoms. The molecule has 0 heterocycles. The second-order valence-electron chi connectivity index (χ2n) is 2.59. The van der Waals surface area contributed by atoms with E-state index in [0.717, 1.165) is 0 Å². The first-order valence-electron chi connectivity index (χ1n) is 4.12. The van der Waals surface area contributed by atoms with Crippen LogP contribution in [0, 0.1) is 0 Å². The van der Waals surface area contributed by atoms with Crippen molar-refractivity contribution >= 4 is 12.6 Å². The second kappa shape index (κ2) is 4.97. The van der Waals surface area contributed by atoms with Crippen molar-refractivity contribution in [3.63, 3.8) is 0 Å². The summed E-state index contributed by atoms with van der Waals surface area (Å²) in [7, 11) is 0. The van der Waals surface area contributed by atoms with Gasteiger partial charge in [-0.05, 0) is 24.9 Å². The van der Waals surface area contributed by atoms with Gasteiger partial charge in [0.25, 0.3) is 5.91 Å². The summed E-state index contributed by atoms with van der Waals surface area (Å²) < 4.78 is 5.26. The molecule has 0 radical (unpaired) electrons. The Labute approximate surface area is 82.7 Å². The molecule has 0 atom stereocenters. The molecule has 0 saturated heterocycles. The molecular weight excluding hydrogens is 178 g/mol. The molecule has 0 unspecified atom stereocenters. The smallest absolute Gasteiger partial charge is 0.276 e. The minimum atomic E-state index is -0.353. The molecule has 0 saturated carbocycles. The van der Waals surface area contributed by atoms with Crippen LogP contribution in [-0.4, -0.2) is 19.2 Å². The van der Waals surface area contributed by atoms with Gasteiger partial charge in [-0.3, -0.25) is 4.79 Å². The lowest BCUT2D eigenvalue weighted by Crippen LogP contribution is -1.97. The molecule has 1 aromatic carbocycles. The van der Waals surface area contributed by atoms with Crippen LogP contribution in [0.1, 0.15) is 10.4 Å². The van der Waals surface area contributed by atoms with Crippen molar-refractivity contribution in [2.24, 2.45) is 4.99 Å². The molecule has 3 nitrogen and oxygen atoms in total. The van der Waals surface area contributed by atoms with Gasteiger partial charge in [0.2, 0.25) is 0 Å². The van der Waals surface area contributed by atoms with Gasteiger partial charge in [-0.2, -0.15) is 0 Å². The van der Waals surface area contributed by atoms with E-state index in [1.165, 1.54) is 0 Å². The summed E-state index contributed by atoms with van der Waals surface area (Å²) in [4.78, 5) is 14.5. The Balaban J connectivity index is 2.83. The quantitative estimate of drug-likeness (QED) is 0.537. The molecule has 0 N–H and O–H groups in total. The normalized spacial score (nSPS) is 9.14. The van der Waals surface area contributed by atoms with Crippen molar-refractivity contribution in [3.8, 4) is 5.75 Å². The van der Waals surface area contributed by atoms with Crippen LogP contribution < -0.4 is 4.74 Å². The van der Waals surface area contributed by atoms with Gasteiger partial charge in [-0.15, -0.1) is 0 Å². The van der Waals surface area contributed by atoms with Gasteiger partial charge in [-0.25, -0.2) is 4.99 Å². The number of benzene rings is 1. The number of hydrogen-bond acceptors (Lipinski definition) is 2. The maximum absolute atomic E-state index is 11.1. The van der Waals surface area contributed by atoms with E-state index in [9.17, 15) is 4.79 Å². The molecule has 1 aromatic rings. The van der Waals surface area contributed by atoms with Gasteiger partial charge >= 0.3 is 0 Å². The number of hydrogen-bond donors (Lipinski definition) is 0. The highest BCUT2D eigenvalue weighted by atomic mass is 16.5. The molecule has 0 aliphatic carbocycles. The maximum Gasteiger partial charge on any atom is 0.276 e. The molecule has 0 aromatic heterocycles. The van der Waals surface area contributed by atoms with Crippen LogP contribution in [-0.2, 0) is 0 Å². The predicted molar refractivity (Wildman–Crippen MR) is 56.0 cm³/mol. The predicted octanol–water partition coefficient (Wildman–Crippen LogP) is 2.09. The van der Waals surface area contributed by atoms with E-state index >= 15 is 0 Å². The number of aliphatic imine (C=N–C) groups is 1. The summed E-state index contributed by atoms with van der Waals surface area (Å²) in [5, 5.41) is 0. The van der Waals surface area contributed by atoms with Gasteiger partial charge in [0.1, 0.15) is 12.4 Å². The van der Waals surface area contributed by atoms with Gasteiger partial charge < -0.3 is 4.74 Å². The van der Waals surface area contributed by atoms with Crippen molar-refractivity contribution in [2.45, 2.75) is 0 Å². The fourth-order valence-electron chi connectivity index (χ4n) is 0.965. The standard InChI is InChI=1S/C11H11NO2/c1-3-7-14-10-6-4-5-9(8-10)11(13)12-2/h3-6,8H,1-2,7H2. The second-order valence-corrected chi connectivity index (χ2v) is 2.59. The van der Waals surface area contributed by atoms with Crippen LogP contribution in [0.2, 0.25) is 0 Å². The monoisotopic (exact) mass is 189 g/mol. The van der Waals surface area contributed by atoms with Gasteiger partial charge in [-0.1, -0.05) is 18.7 Å². The van der Waals surface area contributed by atoms with Crippen molar-refractivity contribution in [2.75, 3.05) is 6.61 Å². The zero-order valence-electron chi connectivity index (χ0n) is 7.77. The summed E-state index contributed by atoms with van der Waals surface area (Å²) in [6, 6.07) is 6.79. The van der Waals surface area contributed by atoms with Crippen LogP contribution in [0.5, 0.6) is 5.75 Å². The van der Waals surface area contributed by atoms with E-state index in [2.05, 4.69) is 18.3 Å². The Morgan fingerprint density at radius 1 is 1.57 bits per heavy atom. The molecule has 0 spiro atoms. The molecular formula is C11H11NO2. The van der Waals surface area contributed by atoms with Gasteiger partial charge in [0.15, 0.2) is 0 Å². The molecule has 3 heteroatoms. The van der Waals surface area contributed by atoms with Crippen LogP contribution >= 0.6 is 0 Å². The zero-order chi connectivity index (χ0) is 10.4. The number of nitrogens with zero attached hydrogens (tertiary/aromatic N) is 1. The Bertz CT molecular complexity index is 358. The Hall–Kier alpha value is -1.90. The van der Waals surface area contributed by atoms with Gasteiger partial charge in [0, 0.05) is 5.56 Å². The topological polar surface area (TPSA) is 38.7 Å². The first kappa shape index (κ1) is 10.2. The first-order valence-corrected chi connectivity index (χ1v) is 4.12. The Morgan fingerprint density at radius 2 is 2.36 bits per heavy atom. The average molecular weight is 189 g/mol. The van der Waals surface area contributed by atoms with Gasteiger partial charge in [0.05, 0.1) is 0 Å². The van der Waals surface area contributed by atoms with Crippen molar-refractivity contribution in [1.29, 1.82) is 0 Å².